The fraction of sp³-hybridized carbons (Fsp3) is 0.909. The third-order valence-electron chi connectivity index (χ3n) is 3.50. The molecule has 2 rings (SSSR count). The van der Waals surface area contributed by atoms with Gasteiger partial charge in [-0.1, -0.05) is 6.42 Å². The van der Waals surface area contributed by atoms with Crippen LogP contribution in [0.3, 0.4) is 0 Å². The number of amides is 1. The van der Waals surface area contributed by atoms with E-state index in [0.29, 0.717) is 13.0 Å². The van der Waals surface area contributed by atoms with Crippen molar-refractivity contribution in [3.63, 3.8) is 0 Å². The van der Waals surface area contributed by atoms with Crippen molar-refractivity contribution in [2.24, 2.45) is 5.92 Å². The third-order valence-corrected chi connectivity index (χ3v) is 3.50. The van der Waals surface area contributed by atoms with E-state index >= 15 is 0 Å². The third kappa shape index (κ3) is 2.51. The van der Waals surface area contributed by atoms with Crippen LogP contribution < -0.4 is 5.32 Å². The number of hydrogen-bond donors (Lipinski definition) is 1. The van der Waals surface area contributed by atoms with Gasteiger partial charge < -0.3 is 10.2 Å². The van der Waals surface area contributed by atoms with Gasteiger partial charge in [-0.25, -0.2) is 8.78 Å². The normalized spacial score (nSPS) is 31.1. The van der Waals surface area contributed by atoms with E-state index in [2.05, 4.69) is 5.32 Å². The van der Waals surface area contributed by atoms with Crippen LogP contribution in [0.25, 0.3) is 0 Å². The van der Waals surface area contributed by atoms with Crippen LogP contribution in [-0.2, 0) is 4.79 Å². The Hall–Kier alpha value is -0.710. The largest absolute Gasteiger partial charge is 0.341 e. The first kappa shape index (κ1) is 11.8. The van der Waals surface area contributed by atoms with Crippen molar-refractivity contribution in [3.05, 3.63) is 0 Å². The number of nitrogens with one attached hydrogen (secondary N) is 1. The molecular formula is C11H18F2N2O. The summed E-state index contributed by atoms with van der Waals surface area (Å²) in [6, 6.07) is -0.134. The van der Waals surface area contributed by atoms with E-state index in [1.807, 2.05) is 0 Å². The molecule has 0 aliphatic carbocycles. The minimum atomic E-state index is -2.29. The van der Waals surface area contributed by atoms with Gasteiger partial charge in [0.15, 0.2) is 0 Å². The lowest BCUT2D eigenvalue weighted by molar-refractivity contribution is -0.133. The quantitative estimate of drug-likeness (QED) is 0.777. The molecule has 92 valence electrons. The smallest absolute Gasteiger partial charge is 0.243 e. The van der Waals surface area contributed by atoms with Crippen molar-refractivity contribution in [2.45, 2.75) is 38.2 Å². The highest BCUT2D eigenvalue weighted by atomic mass is 19.3. The van der Waals surface area contributed by atoms with Crippen molar-refractivity contribution < 1.29 is 13.6 Å². The van der Waals surface area contributed by atoms with Gasteiger partial charge in [0.1, 0.15) is 0 Å². The number of hydrogen-bond acceptors (Lipinski definition) is 2. The number of likely N-dealkylation sites (tertiary alicyclic amines) is 1. The van der Waals surface area contributed by atoms with Crippen molar-refractivity contribution in [2.75, 3.05) is 19.6 Å². The number of nitrogens with zero attached hydrogens (tertiary/aromatic N) is 1. The molecule has 2 atom stereocenters. The molecule has 3 nitrogen and oxygen atoms in total. The molecule has 5 heteroatoms. The summed E-state index contributed by atoms with van der Waals surface area (Å²) in [6.07, 6.45) is 1.14. The first-order valence-electron chi connectivity index (χ1n) is 5.99. The molecule has 0 bridgehead atoms. The first-order chi connectivity index (χ1) is 7.68. The van der Waals surface area contributed by atoms with E-state index in [1.54, 1.807) is 4.90 Å². The van der Waals surface area contributed by atoms with Gasteiger partial charge in [0, 0.05) is 19.0 Å². The Morgan fingerprint density at radius 1 is 1.31 bits per heavy atom. The highest BCUT2D eigenvalue weighted by Gasteiger charge is 2.34. The highest BCUT2D eigenvalue weighted by Crippen LogP contribution is 2.24. The van der Waals surface area contributed by atoms with Crippen LogP contribution in [0, 0.1) is 5.92 Å². The monoisotopic (exact) mass is 232 g/mol. The van der Waals surface area contributed by atoms with Crippen molar-refractivity contribution in [3.8, 4) is 0 Å². The average Bonchev–Trinajstić information content (AvgIpc) is 2.78. The molecule has 0 radical (unpaired) electrons. The Balaban J connectivity index is 1.86. The maximum atomic E-state index is 12.5. The molecular weight excluding hydrogens is 214 g/mol. The maximum Gasteiger partial charge on any atom is 0.243 e. The molecule has 0 aromatic carbocycles. The molecule has 0 spiro atoms. The van der Waals surface area contributed by atoms with Crippen molar-refractivity contribution in [1.82, 2.24) is 10.2 Å². The summed E-state index contributed by atoms with van der Waals surface area (Å²) in [6.45, 7) is 1.59. The SMILES string of the molecule is O=C([C@@H]1CCCCN1)N1CC[C@H](C(F)F)C1. The highest BCUT2D eigenvalue weighted by molar-refractivity contribution is 5.82. The Morgan fingerprint density at radius 2 is 2.12 bits per heavy atom. The van der Waals surface area contributed by atoms with Crippen molar-refractivity contribution in [1.29, 1.82) is 0 Å². The molecule has 0 unspecified atom stereocenters. The molecule has 2 saturated heterocycles. The Bertz CT molecular complexity index is 254. The molecule has 1 amide bonds. The topological polar surface area (TPSA) is 32.3 Å². The van der Waals surface area contributed by atoms with E-state index in [0.717, 1.165) is 25.8 Å². The number of carbonyl (C=O) groups is 1. The lowest BCUT2D eigenvalue weighted by atomic mass is 10.0. The van der Waals surface area contributed by atoms with Crippen LogP contribution in [0.5, 0.6) is 0 Å². The molecule has 16 heavy (non-hydrogen) atoms. The van der Waals surface area contributed by atoms with Crippen LogP contribution >= 0.6 is 0 Å². The summed E-state index contributed by atoms with van der Waals surface area (Å²) < 4.78 is 24.9. The second-order valence-corrected chi connectivity index (χ2v) is 4.67. The lowest BCUT2D eigenvalue weighted by Crippen LogP contribution is -2.47. The van der Waals surface area contributed by atoms with Crippen LogP contribution in [0.15, 0.2) is 0 Å². The average molecular weight is 232 g/mol. The molecule has 2 aliphatic heterocycles. The number of alkyl halides is 2. The zero-order chi connectivity index (χ0) is 11.5. The standard InChI is InChI=1S/C11H18F2N2O/c12-10(13)8-4-6-15(7-8)11(16)9-3-1-2-5-14-9/h8-10,14H,1-7H2/t8-,9-/m0/s1. The minimum Gasteiger partial charge on any atom is -0.341 e. The summed E-state index contributed by atoms with van der Waals surface area (Å²) in [5.74, 6) is -0.601. The predicted octanol–water partition coefficient (Wildman–Crippen LogP) is 1.24. The second-order valence-electron chi connectivity index (χ2n) is 4.67. The van der Waals surface area contributed by atoms with Gasteiger partial charge in [0.2, 0.25) is 12.3 Å². The van der Waals surface area contributed by atoms with Gasteiger partial charge in [0.25, 0.3) is 0 Å². The van der Waals surface area contributed by atoms with Gasteiger partial charge >= 0.3 is 0 Å². The summed E-state index contributed by atoms with van der Waals surface area (Å²) in [4.78, 5) is 13.6. The lowest BCUT2D eigenvalue weighted by Gasteiger charge is -2.27. The molecule has 0 aromatic heterocycles. The number of piperidine rings is 1. The summed E-state index contributed by atoms with van der Waals surface area (Å²) in [5.41, 5.74) is 0. The molecule has 2 aliphatic rings. The first-order valence-corrected chi connectivity index (χ1v) is 5.99. The van der Waals surface area contributed by atoms with E-state index < -0.39 is 12.3 Å². The Labute approximate surface area is 94.2 Å². The Kier molecular flexibility index (Phi) is 3.74. The van der Waals surface area contributed by atoms with Crippen LogP contribution in [-0.4, -0.2) is 42.9 Å². The van der Waals surface area contributed by atoms with E-state index in [-0.39, 0.29) is 18.5 Å². The Morgan fingerprint density at radius 3 is 2.69 bits per heavy atom. The van der Waals surface area contributed by atoms with Gasteiger partial charge in [-0.15, -0.1) is 0 Å². The second kappa shape index (κ2) is 5.08. The zero-order valence-corrected chi connectivity index (χ0v) is 9.29. The maximum absolute atomic E-state index is 12.5. The van der Waals surface area contributed by atoms with Crippen LogP contribution in [0.4, 0.5) is 8.78 Å². The number of halogens is 2. The fourth-order valence-corrected chi connectivity index (χ4v) is 2.48. The molecule has 0 aromatic rings. The van der Waals surface area contributed by atoms with Crippen molar-refractivity contribution >= 4 is 5.91 Å². The minimum absolute atomic E-state index is 0.0165. The van der Waals surface area contributed by atoms with E-state index in [9.17, 15) is 13.6 Å². The molecule has 0 saturated carbocycles. The van der Waals surface area contributed by atoms with Crippen LogP contribution in [0.1, 0.15) is 25.7 Å². The summed E-state index contributed by atoms with van der Waals surface area (Å²) >= 11 is 0. The zero-order valence-electron chi connectivity index (χ0n) is 9.29. The predicted molar refractivity (Wildman–Crippen MR) is 56.3 cm³/mol. The number of rotatable bonds is 2. The van der Waals surface area contributed by atoms with E-state index in [1.165, 1.54) is 0 Å². The van der Waals surface area contributed by atoms with Crippen LogP contribution in [0.2, 0.25) is 0 Å². The van der Waals surface area contributed by atoms with Gasteiger partial charge in [-0.3, -0.25) is 4.79 Å². The summed E-state index contributed by atoms with van der Waals surface area (Å²) in [7, 11) is 0. The van der Waals surface area contributed by atoms with Gasteiger partial charge in [-0.05, 0) is 25.8 Å². The van der Waals surface area contributed by atoms with Gasteiger partial charge in [-0.2, -0.15) is 0 Å². The fourth-order valence-electron chi connectivity index (χ4n) is 2.48. The molecule has 1 N–H and O–H groups in total. The van der Waals surface area contributed by atoms with Gasteiger partial charge in [0.05, 0.1) is 6.04 Å². The molecule has 2 fully saturated rings. The van der Waals surface area contributed by atoms with E-state index in [4.69, 9.17) is 0 Å². The molecule has 2 heterocycles. The summed E-state index contributed by atoms with van der Waals surface area (Å²) in [5, 5.41) is 3.16. The number of carbonyl (C=O) groups excluding carboxylic acids is 1.